The first-order chi connectivity index (χ1) is 17.5. The second-order valence-electron chi connectivity index (χ2n) is 8.51. The fourth-order valence-corrected chi connectivity index (χ4v) is 4.99. The van der Waals surface area contributed by atoms with E-state index in [1.807, 2.05) is 92.7 Å². The second kappa shape index (κ2) is 10.2. The van der Waals surface area contributed by atoms with Gasteiger partial charge in [0.25, 0.3) is 5.56 Å². The summed E-state index contributed by atoms with van der Waals surface area (Å²) < 4.78 is 1.50. The van der Waals surface area contributed by atoms with Gasteiger partial charge in [-0.15, -0.1) is 0 Å². The molecule has 0 bridgehead atoms. The molecule has 2 heterocycles. The van der Waals surface area contributed by atoms with E-state index in [1.165, 1.54) is 16.3 Å². The average molecular weight is 493 g/mol. The lowest BCUT2D eigenvalue weighted by Crippen LogP contribution is -2.25. The molecule has 5 aromatic rings. The summed E-state index contributed by atoms with van der Waals surface area (Å²) in [5.41, 5.74) is 3.92. The van der Waals surface area contributed by atoms with E-state index in [0.717, 1.165) is 16.7 Å². The zero-order chi connectivity index (χ0) is 25.1. The van der Waals surface area contributed by atoms with Crippen molar-refractivity contribution >= 4 is 34.3 Å². The number of aryl methyl sites for hydroxylation is 2. The molecule has 36 heavy (non-hydrogen) atoms. The molecule has 7 heteroatoms. The molecule has 5 rings (SSSR count). The van der Waals surface area contributed by atoms with Crippen LogP contribution in [0.5, 0.6) is 0 Å². The van der Waals surface area contributed by atoms with Crippen LogP contribution in [0.4, 0.5) is 5.69 Å². The smallest absolute Gasteiger partial charge is 0.267 e. The zero-order valence-corrected chi connectivity index (χ0v) is 20.7. The molecule has 0 spiro atoms. The SMILES string of the molecule is Cc1ccc(NC(=O)C(Sc2nc3ccccc3c(=O)n2-c2cc(C)ccn2)c2ccccc2)cc1. The number of rotatable bonds is 6. The molecule has 1 N–H and O–H groups in total. The summed E-state index contributed by atoms with van der Waals surface area (Å²) in [6.07, 6.45) is 1.67. The first-order valence-corrected chi connectivity index (χ1v) is 12.4. The zero-order valence-electron chi connectivity index (χ0n) is 19.9. The highest BCUT2D eigenvalue weighted by molar-refractivity contribution is 8.00. The van der Waals surface area contributed by atoms with Crippen molar-refractivity contribution in [3.05, 3.63) is 124 Å². The van der Waals surface area contributed by atoms with Crippen molar-refractivity contribution in [1.82, 2.24) is 14.5 Å². The number of pyridine rings is 1. The third-order valence-corrected chi connectivity index (χ3v) is 6.96. The molecule has 0 aliphatic heterocycles. The third kappa shape index (κ3) is 4.92. The van der Waals surface area contributed by atoms with Gasteiger partial charge in [0.1, 0.15) is 11.1 Å². The van der Waals surface area contributed by atoms with Crippen LogP contribution in [0.3, 0.4) is 0 Å². The van der Waals surface area contributed by atoms with Crippen LogP contribution < -0.4 is 10.9 Å². The fourth-order valence-electron chi connectivity index (χ4n) is 3.89. The van der Waals surface area contributed by atoms with Crippen LogP contribution in [0.1, 0.15) is 21.9 Å². The highest BCUT2D eigenvalue weighted by atomic mass is 32.2. The Balaban J connectivity index is 1.63. The van der Waals surface area contributed by atoms with E-state index in [2.05, 4.69) is 10.3 Å². The number of hydrogen-bond acceptors (Lipinski definition) is 5. The molecule has 178 valence electrons. The van der Waals surface area contributed by atoms with Crippen molar-refractivity contribution in [2.24, 2.45) is 0 Å². The fraction of sp³-hybridized carbons (Fsp3) is 0.103. The maximum absolute atomic E-state index is 13.6. The number of aromatic nitrogens is 3. The molecule has 2 aromatic heterocycles. The largest absolute Gasteiger partial charge is 0.325 e. The summed E-state index contributed by atoms with van der Waals surface area (Å²) in [4.78, 5) is 36.5. The minimum atomic E-state index is -0.656. The van der Waals surface area contributed by atoms with Crippen LogP contribution >= 0.6 is 11.8 Å². The summed E-state index contributed by atoms with van der Waals surface area (Å²) in [5, 5.41) is 3.25. The molecule has 0 saturated carbocycles. The molecular weight excluding hydrogens is 468 g/mol. The summed E-state index contributed by atoms with van der Waals surface area (Å²) in [5.74, 6) is 0.257. The number of nitrogens with zero attached hydrogens (tertiary/aromatic N) is 3. The van der Waals surface area contributed by atoms with Crippen molar-refractivity contribution < 1.29 is 4.79 Å². The summed E-state index contributed by atoms with van der Waals surface area (Å²) in [6.45, 7) is 3.94. The minimum absolute atomic E-state index is 0.207. The minimum Gasteiger partial charge on any atom is -0.325 e. The number of nitrogens with one attached hydrogen (secondary N) is 1. The van der Waals surface area contributed by atoms with E-state index in [1.54, 1.807) is 18.3 Å². The maximum atomic E-state index is 13.6. The number of hydrogen-bond donors (Lipinski definition) is 1. The second-order valence-corrected chi connectivity index (χ2v) is 9.58. The Labute approximate surface area is 213 Å². The molecule has 1 atom stereocenters. The van der Waals surface area contributed by atoms with Crippen LogP contribution in [0.25, 0.3) is 16.7 Å². The monoisotopic (exact) mass is 492 g/mol. The Morgan fingerprint density at radius 3 is 2.36 bits per heavy atom. The molecule has 6 nitrogen and oxygen atoms in total. The lowest BCUT2D eigenvalue weighted by molar-refractivity contribution is -0.115. The normalized spacial score (nSPS) is 11.8. The van der Waals surface area contributed by atoms with Gasteiger partial charge in [0.2, 0.25) is 5.91 Å². The molecule has 1 unspecified atom stereocenters. The quantitative estimate of drug-likeness (QED) is 0.237. The van der Waals surface area contributed by atoms with Crippen molar-refractivity contribution in [1.29, 1.82) is 0 Å². The van der Waals surface area contributed by atoms with E-state index in [9.17, 15) is 9.59 Å². The Morgan fingerprint density at radius 1 is 0.889 bits per heavy atom. The predicted octanol–water partition coefficient (Wildman–Crippen LogP) is 5.87. The van der Waals surface area contributed by atoms with Crippen LogP contribution in [-0.2, 0) is 4.79 Å². The summed E-state index contributed by atoms with van der Waals surface area (Å²) in [7, 11) is 0. The Hall–Kier alpha value is -4.23. The number of carbonyl (C=O) groups is 1. The third-order valence-electron chi connectivity index (χ3n) is 5.76. The first-order valence-electron chi connectivity index (χ1n) is 11.5. The summed E-state index contributed by atoms with van der Waals surface area (Å²) in [6, 6.07) is 28.1. The number of para-hydroxylation sites is 1. The van der Waals surface area contributed by atoms with E-state index in [4.69, 9.17) is 4.98 Å². The van der Waals surface area contributed by atoms with Crippen molar-refractivity contribution in [3.63, 3.8) is 0 Å². The molecule has 0 saturated heterocycles. The Bertz CT molecular complexity index is 1600. The predicted molar refractivity (Wildman–Crippen MR) is 145 cm³/mol. The van der Waals surface area contributed by atoms with E-state index in [0.29, 0.717) is 27.6 Å². The van der Waals surface area contributed by atoms with Crippen LogP contribution in [0.15, 0.2) is 107 Å². The summed E-state index contributed by atoms with van der Waals surface area (Å²) >= 11 is 1.23. The van der Waals surface area contributed by atoms with Gasteiger partial charge in [-0.1, -0.05) is 71.9 Å². The van der Waals surface area contributed by atoms with E-state index in [-0.39, 0.29) is 11.5 Å². The number of carbonyl (C=O) groups excluding carboxylic acids is 1. The molecule has 0 aliphatic carbocycles. The van der Waals surface area contributed by atoms with Gasteiger partial charge in [-0.2, -0.15) is 0 Å². The molecule has 0 fully saturated rings. The van der Waals surface area contributed by atoms with Gasteiger partial charge >= 0.3 is 0 Å². The standard InChI is InChI=1S/C29H24N4O2S/c1-19-12-14-22(15-13-19)31-27(34)26(21-8-4-3-5-9-21)36-29-32-24-11-7-6-10-23(24)28(35)33(29)25-18-20(2)16-17-30-25/h3-18,26H,1-2H3,(H,31,34). The van der Waals surface area contributed by atoms with Crippen LogP contribution in [0, 0.1) is 13.8 Å². The van der Waals surface area contributed by atoms with E-state index >= 15 is 0 Å². The van der Waals surface area contributed by atoms with Gasteiger partial charge in [-0.05, 0) is 61.4 Å². The average Bonchev–Trinajstić information content (AvgIpc) is 2.89. The van der Waals surface area contributed by atoms with E-state index < -0.39 is 5.25 Å². The highest BCUT2D eigenvalue weighted by Crippen LogP contribution is 2.36. The highest BCUT2D eigenvalue weighted by Gasteiger charge is 2.26. The Morgan fingerprint density at radius 2 is 1.61 bits per heavy atom. The topological polar surface area (TPSA) is 76.9 Å². The molecule has 1 amide bonds. The number of benzene rings is 3. The van der Waals surface area contributed by atoms with Crippen molar-refractivity contribution in [2.45, 2.75) is 24.3 Å². The van der Waals surface area contributed by atoms with Gasteiger partial charge in [-0.3, -0.25) is 9.59 Å². The molecule has 0 aliphatic rings. The molecule has 0 radical (unpaired) electrons. The van der Waals surface area contributed by atoms with Gasteiger partial charge in [0, 0.05) is 11.9 Å². The van der Waals surface area contributed by atoms with Crippen molar-refractivity contribution in [3.8, 4) is 5.82 Å². The molecular formula is C29H24N4O2S. The number of amides is 1. The Kier molecular flexibility index (Phi) is 6.64. The lowest BCUT2D eigenvalue weighted by atomic mass is 10.1. The van der Waals surface area contributed by atoms with Gasteiger partial charge < -0.3 is 5.32 Å². The molecule has 3 aromatic carbocycles. The number of thioether (sulfide) groups is 1. The van der Waals surface area contributed by atoms with Gasteiger partial charge in [0.05, 0.1) is 10.9 Å². The number of anilines is 1. The van der Waals surface area contributed by atoms with Crippen molar-refractivity contribution in [2.75, 3.05) is 5.32 Å². The van der Waals surface area contributed by atoms with Crippen LogP contribution in [-0.4, -0.2) is 20.4 Å². The lowest BCUT2D eigenvalue weighted by Gasteiger charge is -2.19. The van der Waals surface area contributed by atoms with Crippen LogP contribution in [0.2, 0.25) is 0 Å². The van der Waals surface area contributed by atoms with Gasteiger partial charge in [-0.25, -0.2) is 14.5 Å². The van der Waals surface area contributed by atoms with Gasteiger partial charge in [0.15, 0.2) is 5.16 Å². The maximum Gasteiger partial charge on any atom is 0.267 e. The first kappa shape index (κ1) is 23.5. The number of fused-ring (bicyclic) bond motifs is 1.